The highest BCUT2D eigenvalue weighted by molar-refractivity contribution is 7.95. The second-order valence-corrected chi connectivity index (χ2v) is 15.2. The smallest absolute Gasteiger partial charge is 0.242 e. The van der Waals surface area contributed by atoms with Crippen LogP contribution in [0.5, 0.6) is 0 Å². The van der Waals surface area contributed by atoms with E-state index in [0.717, 1.165) is 6.16 Å². The first-order valence-corrected chi connectivity index (χ1v) is 16.5. The van der Waals surface area contributed by atoms with E-state index in [9.17, 15) is 0 Å². The first-order chi connectivity index (χ1) is 19.3. The summed E-state index contributed by atoms with van der Waals surface area (Å²) in [6, 6.07) is 41.5. The normalized spacial score (nSPS) is 11.2. The lowest BCUT2D eigenvalue weighted by Gasteiger charge is -2.28. The van der Waals surface area contributed by atoms with Crippen molar-refractivity contribution in [2.24, 2.45) is 0 Å². The summed E-state index contributed by atoms with van der Waals surface area (Å²) >= 11 is 0. The number of aryl methyl sites for hydroxylation is 6. The monoisotopic (exact) mass is 666 g/mol. The molecule has 0 spiro atoms. The zero-order valence-electron chi connectivity index (χ0n) is 25.5. The highest BCUT2D eigenvalue weighted by atomic mass is 127. The van der Waals surface area contributed by atoms with Gasteiger partial charge in [0.05, 0.1) is 6.16 Å². The minimum Gasteiger partial charge on any atom is -1.00 e. The van der Waals surface area contributed by atoms with Crippen molar-refractivity contribution in [2.45, 2.75) is 48.5 Å². The maximum atomic E-state index is 2.44. The predicted octanol–water partition coefficient (Wildman–Crippen LogP) is 3.37. The molecule has 0 aliphatic heterocycles. The molecule has 0 atom stereocenters. The van der Waals surface area contributed by atoms with Crippen molar-refractivity contribution in [2.75, 3.05) is 6.16 Å². The molecule has 0 aliphatic carbocycles. The Morgan fingerprint density at radius 1 is 0.488 bits per heavy atom. The third-order valence-corrected chi connectivity index (χ3v) is 13.1. The van der Waals surface area contributed by atoms with Crippen LogP contribution in [0.2, 0.25) is 0 Å². The first kappa shape index (κ1) is 31.3. The lowest BCUT2D eigenvalue weighted by atomic mass is 9.34. The molecule has 0 saturated carbocycles. The molecule has 0 saturated heterocycles. The van der Waals surface area contributed by atoms with Crippen LogP contribution in [0.4, 0.5) is 0 Å². The van der Waals surface area contributed by atoms with E-state index in [1.54, 1.807) is 0 Å². The van der Waals surface area contributed by atoms with Crippen LogP contribution < -0.4 is 56.3 Å². The molecule has 0 amide bonds. The van der Waals surface area contributed by atoms with Crippen molar-refractivity contribution in [1.82, 2.24) is 0 Å². The van der Waals surface area contributed by atoms with Gasteiger partial charge >= 0.3 is 0 Å². The van der Waals surface area contributed by atoms with E-state index in [2.05, 4.69) is 158 Å². The molecule has 0 nitrogen and oxygen atoms in total. The maximum absolute atomic E-state index is 2.44. The molecule has 41 heavy (non-hydrogen) atoms. The minimum absolute atomic E-state index is 0. The van der Waals surface area contributed by atoms with E-state index < -0.39 is 7.26 Å². The summed E-state index contributed by atoms with van der Waals surface area (Å²) in [7, 11) is -1.78. The van der Waals surface area contributed by atoms with Gasteiger partial charge in [0.2, 0.25) is 6.71 Å². The molecular formula is C38H41BIP. The fourth-order valence-corrected chi connectivity index (χ4v) is 11.1. The van der Waals surface area contributed by atoms with Gasteiger partial charge in [-0.25, -0.2) is 0 Å². The average Bonchev–Trinajstić information content (AvgIpc) is 2.93. The van der Waals surface area contributed by atoms with Crippen LogP contribution in [0.15, 0.2) is 109 Å². The molecule has 0 aromatic heterocycles. The lowest BCUT2D eigenvalue weighted by Crippen LogP contribution is -3.00. The highest BCUT2D eigenvalue weighted by Crippen LogP contribution is 2.54. The highest BCUT2D eigenvalue weighted by Gasteiger charge is 2.43. The molecule has 0 aliphatic rings. The third kappa shape index (κ3) is 5.97. The van der Waals surface area contributed by atoms with Gasteiger partial charge < -0.3 is 24.0 Å². The molecule has 0 fully saturated rings. The SMILES string of the molecule is CC[P+](c1ccccc1)(c1ccccc1)c1ccc(B(c2c(C)cc(C)cc2C)c2c(C)cc(C)cc2C)cc1.[I-]. The Hall–Kier alpha value is -2.68. The number of hydrogen-bond donors (Lipinski definition) is 0. The van der Waals surface area contributed by atoms with Crippen LogP contribution in [0.1, 0.15) is 40.3 Å². The molecular weight excluding hydrogens is 625 g/mol. The maximum Gasteiger partial charge on any atom is 0.242 e. The average molecular weight is 666 g/mol. The van der Waals surface area contributed by atoms with E-state index in [0.29, 0.717) is 0 Å². The summed E-state index contributed by atoms with van der Waals surface area (Å²) in [6.07, 6.45) is 1.09. The first-order valence-electron chi connectivity index (χ1n) is 14.5. The molecule has 5 aromatic carbocycles. The van der Waals surface area contributed by atoms with Crippen molar-refractivity contribution in [1.29, 1.82) is 0 Å². The topological polar surface area (TPSA) is 0 Å². The van der Waals surface area contributed by atoms with E-state index in [1.807, 2.05) is 0 Å². The Balaban J connectivity index is 0.00000387. The predicted molar refractivity (Wildman–Crippen MR) is 182 cm³/mol. The fourth-order valence-electron chi connectivity index (χ4n) is 7.05. The second kappa shape index (κ2) is 13.1. The molecule has 3 heteroatoms. The fraction of sp³-hybridized carbons (Fsp3) is 0.211. The molecule has 0 radical (unpaired) electrons. The minimum atomic E-state index is -1.78. The van der Waals surface area contributed by atoms with E-state index in [4.69, 9.17) is 0 Å². The zero-order chi connectivity index (χ0) is 28.4. The van der Waals surface area contributed by atoms with Crippen LogP contribution in [0, 0.1) is 41.5 Å². The van der Waals surface area contributed by atoms with Gasteiger partial charge in [0.1, 0.15) is 23.2 Å². The van der Waals surface area contributed by atoms with Gasteiger partial charge in [-0.2, -0.15) is 0 Å². The second-order valence-electron chi connectivity index (χ2n) is 11.4. The summed E-state index contributed by atoms with van der Waals surface area (Å²) < 4.78 is 0. The Morgan fingerprint density at radius 2 is 0.829 bits per heavy atom. The summed E-state index contributed by atoms with van der Waals surface area (Å²) in [4.78, 5) is 0. The summed E-state index contributed by atoms with van der Waals surface area (Å²) in [5, 5.41) is 4.34. The largest absolute Gasteiger partial charge is 1.00 e. The van der Waals surface area contributed by atoms with E-state index >= 15 is 0 Å². The van der Waals surface area contributed by atoms with Gasteiger partial charge in [-0.05, 0) is 84.9 Å². The number of hydrogen-bond acceptors (Lipinski definition) is 0. The number of halogens is 1. The number of benzene rings is 5. The summed E-state index contributed by atoms with van der Waals surface area (Å²) in [5.74, 6) is 0. The summed E-state index contributed by atoms with van der Waals surface area (Å²) in [6.45, 7) is 16.1. The van der Waals surface area contributed by atoms with E-state index in [-0.39, 0.29) is 30.7 Å². The van der Waals surface area contributed by atoms with Crippen LogP contribution in [0.25, 0.3) is 0 Å². The van der Waals surface area contributed by atoms with Crippen molar-refractivity contribution in [3.05, 3.63) is 143 Å². The van der Waals surface area contributed by atoms with Crippen molar-refractivity contribution in [3.63, 3.8) is 0 Å². The van der Waals surface area contributed by atoms with Crippen molar-refractivity contribution < 1.29 is 24.0 Å². The third-order valence-electron chi connectivity index (χ3n) is 8.59. The van der Waals surface area contributed by atoms with Crippen LogP contribution in [-0.2, 0) is 0 Å². The Kier molecular flexibility index (Phi) is 9.99. The zero-order valence-corrected chi connectivity index (χ0v) is 28.6. The van der Waals surface area contributed by atoms with Crippen LogP contribution in [-0.4, -0.2) is 12.9 Å². The van der Waals surface area contributed by atoms with Gasteiger partial charge in [-0.3, -0.25) is 0 Å². The van der Waals surface area contributed by atoms with Gasteiger partial charge in [-0.1, -0.05) is 123 Å². The molecule has 0 unspecified atom stereocenters. The lowest BCUT2D eigenvalue weighted by molar-refractivity contribution is -0.00000822. The number of rotatable bonds is 7. The molecule has 208 valence electrons. The van der Waals surface area contributed by atoms with Gasteiger partial charge in [0, 0.05) is 0 Å². The quantitative estimate of drug-likeness (QED) is 0.142. The Morgan fingerprint density at radius 3 is 1.17 bits per heavy atom. The Labute approximate surface area is 266 Å². The van der Waals surface area contributed by atoms with Gasteiger partial charge in [0.25, 0.3) is 0 Å². The molecule has 0 N–H and O–H groups in total. The van der Waals surface area contributed by atoms with Gasteiger partial charge in [-0.15, -0.1) is 0 Å². The van der Waals surface area contributed by atoms with Crippen molar-refractivity contribution in [3.8, 4) is 0 Å². The Bertz CT molecular complexity index is 1480. The molecule has 5 aromatic rings. The van der Waals surface area contributed by atoms with Gasteiger partial charge in [0.15, 0.2) is 0 Å². The molecule has 5 rings (SSSR count). The van der Waals surface area contributed by atoms with Crippen LogP contribution >= 0.6 is 7.26 Å². The molecule has 0 heterocycles. The standard InChI is InChI=1S/C38H41BP.HI/c1-8-40(34-15-11-9-12-16-34,35-17-13-10-14-18-35)36-21-19-33(20-22-36)39(37-29(4)23-27(2)24-30(37)5)38-31(6)25-28(3)26-32(38)7;/h9-26H,8H2,1-7H3;1H/q+1;/p-1. The summed E-state index contributed by atoms with van der Waals surface area (Å²) in [5.41, 5.74) is 12.4. The molecule has 0 bridgehead atoms. The van der Waals surface area contributed by atoms with Crippen LogP contribution in [0.3, 0.4) is 0 Å². The van der Waals surface area contributed by atoms with Crippen molar-refractivity contribution >= 4 is 46.3 Å². The van der Waals surface area contributed by atoms with E-state index in [1.165, 1.54) is 65.7 Å².